The summed E-state index contributed by atoms with van der Waals surface area (Å²) in [5.74, 6) is -0.363. The summed E-state index contributed by atoms with van der Waals surface area (Å²) in [6.07, 6.45) is 1.77. The number of aromatic carboxylic acids is 1. The van der Waals surface area contributed by atoms with E-state index in [1.165, 1.54) is 0 Å². The summed E-state index contributed by atoms with van der Waals surface area (Å²) in [5, 5.41) is 11.9. The van der Waals surface area contributed by atoms with Gasteiger partial charge in [0, 0.05) is 19.6 Å². The molecular weight excluding hydrogens is 280 g/mol. The first-order chi connectivity index (χ1) is 10.5. The van der Waals surface area contributed by atoms with E-state index < -0.39 is 5.97 Å². The number of rotatable bonds is 5. The second-order valence-electron chi connectivity index (χ2n) is 6.26. The van der Waals surface area contributed by atoms with Gasteiger partial charge in [-0.15, -0.1) is 0 Å². The Kier molecular flexibility index (Phi) is 5.55. The zero-order valence-corrected chi connectivity index (χ0v) is 13.2. The van der Waals surface area contributed by atoms with Crippen molar-refractivity contribution >= 4 is 11.9 Å². The van der Waals surface area contributed by atoms with E-state index in [1.807, 2.05) is 12.1 Å². The van der Waals surface area contributed by atoms with Crippen molar-refractivity contribution in [3.63, 3.8) is 0 Å². The highest BCUT2D eigenvalue weighted by Crippen LogP contribution is 2.18. The first kappa shape index (κ1) is 16.5. The molecule has 0 radical (unpaired) electrons. The van der Waals surface area contributed by atoms with Gasteiger partial charge < -0.3 is 10.4 Å². The van der Waals surface area contributed by atoms with Crippen molar-refractivity contribution in [3.8, 4) is 0 Å². The maximum Gasteiger partial charge on any atom is 0.335 e. The Morgan fingerprint density at radius 3 is 2.64 bits per heavy atom. The molecule has 1 aliphatic heterocycles. The van der Waals surface area contributed by atoms with E-state index in [0.717, 1.165) is 31.5 Å². The zero-order chi connectivity index (χ0) is 16.1. The van der Waals surface area contributed by atoms with Crippen LogP contribution in [0.3, 0.4) is 0 Å². The Morgan fingerprint density at radius 2 is 2.05 bits per heavy atom. The molecule has 1 amide bonds. The largest absolute Gasteiger partial charge is 0.478 e. The molecule has 2 rings (SSSR count). The normalized spacial score (nSPS) is 19.8. The van der Waals surface area contributed by atoms with Gasteiger partial charge in [-0.25, -0.2) is 4.79 Å². The van der Waals surface area contributed by atoms with Crippen LogP contribution in [0, 0.1) is 5.92 Å². The number of carbonyl (C=O) groups is 2. The van der Waals surface area contributed by atoms with Gasteiger partial charge in [0.05, 0.1) is 11.6 Å². The fraction of sp³-hybridized carbons (Fsp3) is 0.529. The first-order valence-electron chi connectivity index (χ1n) is 7.81. The fourth-order valence-electron chi connectivity index (χ4n) is 2.81. The number of carboxylic acids is 1. The van der Waals surface area contributed by atoms with E-state index in [4.69, 9.17) is 5.11 Å². The van der Waals surface area contributed by atoms with E-state index in [0.29, 0.717) is 12.5 Å². The molecule has 0 aromatic heterocycles. The second kappa shape index (κ2) is 7.40. The maximum absolute atomic E-state index is 12.3. The van der Waals surface area contributed by atoms with E-state index in [2.05, 4.69) is 24.1 Å². The van der Waals surface area contributed by atoms with Crippen molar-refractivity contribution in [3.05, 3.63) is 35.4 Å². The molecule has 5 heteroatoms. The maximum atomic E-state index is 12.3. The molecule has 1 unspecified atom stereocenters. The molecular formula is C17H24N2O3. The van der Waals surface area contributed by atoms with Crippen molar-refractivity contribution < 1.29 is 14.7 Å². The van der Waals surface area contributed by atoms with Crippen LogP contribution in [0.5, 0.6) is 0 Å². The van der Waals surface area contributed by atoms with E-state index >= 15 is 0 Å². The van der Waals surface area contributed by atoms with Gasteiger partial charge in [-0.2, -0.15) is 0 Å². The lowest BCUT2D eigenvalue weighted by atomic mass is 10.0. The number of hydrogen-bond acceptors (Lipinski definition) is 3. The van der Waals surface area contributed by atoms with Gasteiger partial charge in [-0.05, 0) is 36.5 Å². The van der Waals surface area contributed by atoms with Crippen LogP contribution in [-0.2, 0) is 11.3 Å². The first-order valence-corrected chi connectivity index (χ1v) is 7.81. The fourth-order valence-corrected chi connectivity index (χ4v) is 2.81. The predicted molar refractivity (Wildman–Crippen MR) is 84.7 cm³/mol. The van der Waals surface area contributed by atoms with Crippen LogP contribution >= 0.6 is 0 Å². The van der Waals surface area contributed by atoms with E-state index in [-0.39, 0.29) is 17.5 Å². The summed E-state index contributed by atoms with van der Waals surface area (Å²) in [6, 6.07) is 6.79. The van der Waals surface area contributed by atoms with Gasteiger partial charge >= 0.3 is 5.97 Å². The quantitative estimate of drug-likeness (QED) is 0.874. The Labute approximate surface area is 131 Å². The molecule has 1 aromatic carbocycles. The van der Waals surface area contributed by atoms with E-state index in [1.54, 1.807) is 12.1 Å². The number of amides is 1. The van der Waals surface area contributed by atoms with Gasteiger partial charge in [0.15, 0.2) is 0 Å². The minimum Gasteiger partial charge on any atom is -0.478 e. The zero-order valence-electron chi connectivity index (χ0n) is 13.2. The van der Waals surface area contributed by atoms with Gasteiger partial charge in [0.25, 0.3) is 0 Å². The van der Waals surface area contributed by atoms with Crippen molar-refractivity contribution in [2.75, 3.05) is 13.1 Å². The third-order valence-corrected chi connectivity index (χ3v) is 3.95. The predicted octanol–water partition coefficient (Wildman–Crippen LogP) is 2.12. The highest BCUT2D eigenvalue weighted by atomic mass is 16.4. The lowest BCUT2D eigenvalue weighted by molar-refractivity contribution is -0.126. The molecule has 1 aromatic rings. The van der Waals surface area contributed by atoms with E-state index in [9.17, 15) is 9.59 Å². The summed E-state index contributed by atoms with van der Waals surface area (Å²) in [7, 11) is 0. The van der Waals surface area contributed by atoms with Crippen molar-refractivity contribution in [1.29, 1.82) is 0 Å². The average Bonchev–Trinajstić information content (AvgIpc) is 2.63. The summed E-state index contributed by atoms with van der Waals surface area (Å²) in [6.45, 7) is 6.51. The summed E-state index contributed by atoms with van der Waals surface area (Å²) in [5.41, 5.74) is 1.32. The second-order valence-corrected chi connectivity index (χ2v) is 6.26. The summed E-state index contributed by atoms with van der Waals surface area (Å²) in [4.78, 5) is 25.4. The average molecular weight is 304 g/mol. The minimum absolute atomic E-state index is 0.105. The minimum atomic E-state index is -0.918. The molecule has 1 atom stereocenters. The molecule has 0 spiro atoms. The van der Waals surface area contributed by atoms with Crippen LogP contribution in [0.25, 0.3) is 0 Å². The Morgan fingerprint density at radius 1 is 1.36 bits per heavy atom. The Balaban J connectivity index is 2.12. The van der Waals surface area contributed by atoms with Crippen molar-refractivity contribution in [2.45, 2.75) is 39.3 Å². The van der Waals surface area contributed by atoms with Gasteiger partial charge in [-0.1, -0.05) is 26.0 Å². The topological polar surface area (TPSA) is 69.6 Å². The monoisotopic (exact) mass is 304 g/mol. The van der Waals surface area contributed by atoms with Crippen LogP contribution in [-0.4, -0.2) is 41.0 Å². The number of carboxylic acid groups (broad SMARTS) is 1. The molecule has 22 heavy (non-hydrogen) atoms. The smallest absolute Gasteiger partial charge is 0.335 e. The molecule has 0 bridgehead atoms. The van der Waals surface area contributed by atoms with Crippen LogP contribution in [0.2, 0.25) is 0 Å². The molecule has 1 saturated heterocycles. The lowest BCUT2D eigenvalue weighted by Gasteiger charge is -2.29. The third kappa shape index (κ3) is 4.31. The van der Waals surface area contributed by atoms with Crippen LogP contribution in [0.1, 0.15) is 42.6 Å². The molecule has 0 aliphatic carbocycles. The molecule has 2 N–H and O–H groups in total. The van der Waals surface area contributed by atoms with Crippen LogP contribution in [0.4, 0.5) is 0 Å². The SMILES string of the molecule is CC(C)CC1C(=O)NCCCN1Cc1ccc(C(=O)O)cc1. The lowest BCUT2D eigenvalue weighted by Crippen LogP contribution is -2.44. The molecule has 1 heterocycles. The van der Waals surface area contributed by atoms with Gasteiger partial charge in [-0.3, -0.25) is 9.69 Å². The molecule has 1 aliphatic rings. The summed E-state index contributed by atoms with van der Waals surface area (Å²) < 4.78 is 0. The third-order valence-electron chi connectivity index (χ3n) is 3.95. The standard InChI is InChI=1S/C17H24N2O3/c1-12(2)10-15-16(20)18-8-3-9-19(15)11-13-4-6-14(7-5-13)17(21)22/h4-7,12,15H,3,8-11H2,1-2H3,(H,18,20)(H,21,22). The molecule has 1 fully saturated rings. The Hall–Kier alpha value is -1.88. The highest BCUT2D eigenvalue weighted by molar-refractivity contribution is 5.87. The van der Waals surface area contributed by atoms with Crippen LogP contribution < -0.4 is 5.32 Å². The number of nitrogens with one attached hydrogen (secondary N) is 1. The Bertz CT molecular complexity index is 525. The van der Waals surface area contributed by atoms with Crippen molar-refractivity contribution in [2.24, 2.45) is 5.92 Å². The summed E-state index contributed by atoms with van der Waals surface area (Å²) >= 11 is 0. The number of benzene rings is 1. The molecule has 5 nitrogen and oxygen atoms in total. The van der Waals surface area contributed by atoms with Crippen molar-refractivity contribution in [1.82, 2.24) is 10.2 Å². The van der Waals surface area contributed by atoms with Gasteiger partial charge in [0.1, 0.15) is 0 Å². The molecule has 120 valence electrons. The molecule has 0 saturated carbocycles. The van der Waals surface area contributed by atoms with Gasteiger partial charge in [0.2, 0.25) is 5.91 Å². The highest BCUT2D eigenvalue weighted by Gasteiger charge is 2.28. The van der Waals surface area contributed by atoms with Crippen LogP contribution in [0.15, 0.2) is 24.3 Å². The number of hydrogen-bond donors (Lipinski definition) is 2. The number of carbonyl (C=O) groups excluding carboxylic acids is 1. The number of nitrogens with zero attached hydrogens (tertiary/aromatic N) is 1.